The fraction of sp³-hybridized carbons (Fsp3) is 0.889. The molecule has 2 atom stereocenters. The van der Waals surface area contributed by atoms with Crippen LogP contribution >= 0.6 is 0 Å². The molecule has 9 heavy (non-hydrogen) atoms. The summed E-state index contributed by atoms with van der Waals surface area (Å²) in [5, 5.41) is 0. The SMILES string of the molecule is [CH2]C1CC1CCCCC. The van der Waals surface area contributed by atoms with Crippen molar-refractivity contribution in [1.82, 2.24) is 0 Å². The first-order chi connectivity index (χ1) is 4.34. The average molecular weight is 125 g/mol. The first-order valence-corrected chi connectivity index (χ1v) is 4.17. The highest BCUT2D eigenvalue weighted by Crippen LogP contribution is 2.41. The van der Waals surface area contributed by atoms with Crippen LogP contribution in [0.4, 0.5) is 0 Å². The van der Waals surface area contributed by atoms with E-state index in [1.165, 1.54) is 32.1 Å². The molecule has 2 unspecified atom stereocenters. The van der Waals surface area contributed by atoms with Gasteiger partial charge in [-0.3, -0.25) is 0 Å². The summed E-state index contributed by atoms with van der Waals surface area (Å²) in [6.07, 6.45) is 7.07. The lowest BCUT2D eigenvalue weighted by atomic mass is 10.1. The van der Waals surface area contributed by atoms with Gasteiger partial charge in [0.2, 0.25) is 0 Å². The molecule has 0 N–H and O–H groups in total. The van der Waals surface area contributed by atoms with Crippen LogP contribution in [0.1, 0.15) is 39.0 Å². The van der Waals surface area contributed by atoms with E-state index >= 15 is 0 Å². The first kappa shape index (κ1) is 7.11. The molecule has 53 valence electrons. The van der Waals surface area contributed by atoms with Crippen molar-refractivity contribution >= 4 is 0 Å². The van der Waals surface area contributed by atoms with Gasteiger partial charge in [0, 0.05) is 0 Å². The highest BCUT2D eigenvalue weighted by Gasteiger charge is 2.31. The number of hydrogen-bond donors (Lipinski definition) is 0. The molecule has 0 saturated heterocycles. The molecule has 1 rings (SSSR count). The summed E-state index contributed by atoms with van der Waals surface area (Å²) in [7, 11) is 0. The minimum Gasteiger partial charge on any atom is -0.0654 e. The van der Waals surface area contributed by atoms with Gasteiger partial charge in [-0.05, 0) is 25.2 Å². The average Bonchev–Trinajstić information content (AvgIpc) is 2.48. The standard InChI is InChI=1S/C9H17/c1-3-4-5-6-9-7-8(9)2/h8-9H,2-7H2,1H3. The van der Waals surface area contributed by atoms with Gasteiger partial charge in [0.25, 0.3) is 0 Å². The third-order valence-corrected chi connectivity index (χ3v) is 2.25. The van der Waals surface area contributed by atoms with Crippen LogP contribution in [0.15, 0.2) is 0 Å². The lowest BCUT2D eigenvalue weighted by Crippen LogP contribution is -1.79. The molecule has 0 aromatic rings. The molecule has 0 aliphatic heterocycles. The van der Waals surface area contributed by atoms with Crippen molar-refractivity contribution < 1.29 is 0 Å². The summed E-state index contributed by atoms with van der Waals surface area (Å²) in [5.74, 6) is 1.83. The zero-order valence-electron chi connectivity index (χ0n) is 6.40. The molecule has 1 aliphatic carbocycles. The maximum atomic E-state index is 4.01. The van der Waals surface area contributed by atoms with Gasteiger partial charge in [-0.15, -0.1) is 0 Å². The fourth-order valence-corrected chi connectivity index (χ4v) is 1.32. The van der Waals surface area contributed by atoms with Crippen molar-refractivity contribution in [3.8, 4) is 0 Å². The van der Waals surface area contributed by atoms with Crippen LogP contribution in [0, 0.1) is 18.8 Å². The largest absolute Gasteiger partial charge is 0.0654 e. The van der Waals surface area contributed by atoms with E-state index in [1.807, 2.05) is 0 Å². The monoisotopic (exact) mass is 125 g/mol. The van der Waals surface area contributed by atoms with Gasteiger partial charge in [-0.1, -0.05) is 32.6 Å². The van der Waals surface area contributed by atoms with Crippen molar-refractivity contribution in [2.75, 3.05) is 0 Å². The Morgan fingerprint density at radius 3 is 2.56 bits per heavy atom. The molecule has 0 heteroatoms. The lowest BCUT2D eigenvalue weighted by molar-refractivity contribution is 0.604. The van der Waals surface area contributed by atoms with E-state index in [4.69, 9.17) is 0 Å². The van der Waals surface area contributed by atoms with Crippen molar-refractivity contribution in [2.45, 2.75) is 39.0 Å². The third kappa shape index (κ3) is 2.38. The highest BCUT2D eigenvalue weighted by molar-refractivity contribution is 4.87. The van der Waals surface area contributed by atoms with Crippen LogP contribution < -0.4 is 0 Å². The summed E-state index contributed by atoms with van der Waals surface area (Å²) in [4.78, 5) is 0. The summed E-state index contributed by atoms with van der Waals surface area (Å²) >= 11 is 0. The predicted octanol–water partition coefficient (Wildman–Crippen LogP) is 3.04. The maximum Gasteiger partial charge on any atom is -0.0383 e. The molecule has 0 aromatic carbocycles. The van der Waals surface area contributed by atoms with Crippen LogP contribution in [0.3, 0.4) is 0 Å². The van der Waals surface area contributed by atoms with Crippen molar-refractivity contribution in [2.24, 2.45) is 11.8 Å². The van der Waals surface area contributed by atoms with E-state index in [9.17, 15) is 0 Å². The molecular formula is C9H17. The van der Waals surface area contributed by atoms with Gasteiger partial charge in [0.15, 0.2) is 0 Å². The molecule has 0 bridgehead atoms. The minimum atomic E-state index is 0.821. The Bertz CT molecular complexity index is 76.1. The Kier molecular flexibility index (Phi) is 2.56. The Labute approximate surface area is 58.7 Å². The Hall–Kier alpha value is 0. The molecule has 0 aromatic heterocycles. The summed E-state index contributed by atoms with van der Waals surface area (Å²) in [5.41, 5.74) is 0. The molecule has 0 nitrogen and oxygen atoms in total. The summed E-state index contributed by atoms with van der Waals surface area (Å²) < 4.78 is 0. The number of rotatable bonds is 4. The molecule has 1 saturated carbocycles. The van der Waals surface area contributed by atoms with Crippen LogP contribution in [0.5, 0.6) is 0 Å². The zero-order chi connectivity index (χ0) is 6.69. The Morgan fingerprint density at radius 2 is 2.11 bits per heavy atom. The zero-order valence-corrected chi connectivity index (χ0v) is 6.40. The van der Waals surface area contributed by atoms with Gasteiger partial charge in [-0.25, -0.2) is 0 Å². The van der Waals surface area contributed by atoms with E-state index in [0.29, 0.717) is 0 Å². The third-order valence-electron chi connectivity index (χ3n) is 2.25. The maximum absolute atomic E-state index is 4.01. The molecule has 0 amide bonds. The van der Waals surface area contributed by atoms with E-state index in [1.54, 1.807) is 0 Å². The summed E-state index contributed by atoms with van der Waals surface area (Å²) in [6.45, 7) is 6.27. The molecule has 1 fully saturated rings. The molecule has 0 heterocycles. The van der Waals surface area contributed by atoms with Gasteiger partial charge >= 0.3 is 0 Å². The van der Waals surface area contributed by atoms with Gasteiger partial charge < -0.3 is 0 Å². The lowest BCUT2D eigenvalue weighted by Gasteiger charge is -1.94. The second-order valence-corrected chi connectivity index (χ2v) is 3.25. The fourth-order valence-electron chi connectivity index (χ4n) is 1.32. The smallest absolute Gasteiger partial charge is 0.0383 e. The Balaban J connectivity index is 1.83. The summed E-state index contributed by atoms with van der Waals surface area (Å²) in [6, 6.07) is 0. The van der Waals surface area contributed by atoms with Crippen LogP contribution in [-0.2, 0) is 0 Å². The molecule has 1 radical (unpaired) electrons. The molecule has 1 aliphatic rings. The van der Waals surface area contributed by atoms with Crippen LogP contribution in [-0.4, -0.2) is 0 Å². The van der Waals surface area contributed by atoms with E-state index in [0.717, 1.165) is 11.8 Å². The number of unbranched alkanes of at least 4 members (excludes halogenated alkanes) is 2. The molecular weight excluding hydrogens is 108 g/mol. The van der Waals surface area contributed by atoms with E-state index in [2.05, 4.69) is 13.8 Å². The van der Waals surface area contributed by atoms with Gasteiger partial charge in [0.05, 0.1) is 0 Å². The van der Waals surface area contributed by atoms with E-state index in [-0.39, 0.29) is 0 Å². The van der Waals surface area contributed by atoms with Crippen molar-refractivity contribution in [3.05, 3.63) is 6.92 Å². The normalized spacial score (nSPS) is 32.7. The predicted molar refractivity (Wildman–Crippen MR) is 41.1 cm³/mol. The molecule has 0 spiro atoms. The van der Waals surface area contributed by atoms with Crippen molar-refractivity contribution in [1.29, 1.82) is 0 Å². The highest BCUT2D eigenvalue weighted by atomic mass is 14.4. The Morgan fingerprint density at radius 1 is 1.44 bits per heavy atom. The van der Waals surface area contributed by atoms with Crippen molar-refractivity contribution in [3.63, 3.8) is 0 Å². The quantitative estimate of drug-likeness (QED) is 0.507. The van der Waals surface area contributed by atoms with Gasteiger partial charge in [0.1, 0.15) is 0 Å². The van der Waals surface area contributed by atoms with Crippen LogP contribution in [0.2, 0.25) is 0 Å². The van der Waals surface area contributed by atoms with E-state index < -0.39 is 0 Å². The number of hydrogen-bond acceptors (Lipinski definition) is 0. The van der Waals surface area contributed by atoms with Gasteiger partial charge in [-0.2, -0.15) is 0 Å². The topological polar surface area (TPSA) is 0 Å². The minimum absolute atomic E-state index is 0.821. The second kappa shape index (κ2) is 3.24. The second-order valence-electron chi connectivity index (χ2n) is 3.25. The van der Waals surface area contributed by atoms with Crippen LogP contribution in [0.25, 0.3) is 0 Å². The first-order valence-electron chi connectivity index (χ1n) is 4.17.